The van der Waals surface area contributed by atoms with E-state index in [1.807, 2.05) is 12.1 Å². The van der Waals surface area contributed by atoms with Gasteiger partial charge in [0.05, 0.1) is 18.6 Å². The minimum Gasteiger partial charge on any atom is -0.257 e. The summed E-state index contributed by atoms with van der Waals surface area (Å²) in [4.78, 5) is 10.2. The summed E-state index contributed by atoms with van der Waals surface area (Å²) in [6, 6.07) is 7.23. The topological polar surface area (TPSA) is 66.0 Å². The average Bonchev–Trinajstić information content (AvgIpc) is 2.35. The third kappa shape index (κ3) is 1.92. The Morgan fingerprint density at radius 2 is 2.25 bits per heavy atom. The molecule has 0 spiro atoms. The zero-order chi connectivity index (χ0) is 11.4. The maximum absolute atomic E-state index is 8.21. The Kier molecular flexibility index (Phi) is 2.68. The molecule has 2 rings (SSSR count). The second-order valence-corrected chi connectivity index (χ2v) is 3.22. The first-order valence-corrected chi connectivity index (χ1v) is 4.60. The predicted molar refractivity (Wildman–Crippen MR) is 60.9 cm³/mol. The van der Waals surface area contributed by atoms with Crippen molar-refractivity contribution in [2.45, 2.75) is 6.54 Å². The van der Waals surface area contributed by atoms with Crippen LogP contribution in [0, 0.1) is 6.57 Å². The fourth-order valence-corrected chi connectivity index (χ4v) is 1.42. The van der Waals surface area contributed by atoms with Crippen molar-refractivity contribution < 1.29 is 0 Å². The van der Waals surface area contributed by atoms with Gasteiger partial charge in [-0.1, -0.05) is 17.2 Å². The van der Waals surface area contributed by atoms with E-state index < -0.39 is 0 Å². The van der Waals surface area contributed by atoms with Crippen molar-refractivity contribution in [1.29, 1.82) is 0 Å². The van der Waals surface area contributed by atoms with Crippen molar-refractivity contribution in [1.82, 2.24) is 4.98 Å². The van der Waals surface area contributed by atoms with Crippen LogP contribution in [0.1, 0.15) is 5.56 Å². The van der Waals surface area contributed by atoms with Crippen LogP contribution in [0.3, 0.4) is 0 Å². The van der Waals surface area contributed by atoms with Gasteiger partial charge in [0.15, 0.2) is 5.69 Å². The third-order valence-electron chi connectivity index (χ3n) is 2.17. The number of fused-ring (bicyclic) bond motifs is 1. The van der Waals surface area contributed by atoms with Crippen LogP contribution >= 0.6 is 0 Å². The summed E-state index contributed by atoms with van der Waals surface area (Å²) in [6.07, 6.45) is 1.66. The Hall–Kier alpha value is -2.57. The number of nitrogens with zero attached hydrogens (tertiary/aromatic N) is 5. The predicted octanol–water partition coefficient (Wildman–Crippen LogP) is 3.60. The van der Waals surface area contributed by atoms with Gasteiger partial charge in [0.2, 0.25) is 0 Å². The average molecular weight is 209 g/mol. The van der Waals surface area contributed by atoms with Crippen molar-refractivity contribution >= 4 is 16.6 Å². The van der Waals surface area contributed by atoms with Crippen LogP contribution in [0.4, 0.5) is 5.69 Å². The molecule has 0 N–H and O–H groups in total. The van der Waals surface area contributed by atoms with Crippen LogP contribution < -0.4 is 0 Å². The maximum Gasteiger partial charge on any atom is 0.189 e. The van der Waals surface area contributed by atoms with Crippen LogP contribution in [-0.2, 0) is 6.54 Å². The third-order valence-corrected chi connectivity index (χ3v) is 2.17. The molecule has 0 aliphatic heterocycles. The van der Waals surface area contributed by atoms with E-state index in [2.05, 4.69) is 19.9 Å². The van der Waals surface area contributed by atoms with Gasteiger partial charge in [0.25, 0.3) is 0 Å². The number of aromatic nitrogens is 1. The zero-order valence-corrected chi connectivity index (χ0v) is 8.33. The quantitative estimate of drug-likeness (QED) is 0.322. The molecule has 0 aliphatic rings. The second kappa shape index (κ2) is 4.30. The number of rotatable bonds is 2. The van der Waals surface area contributed by atoms with E-state index in [9.17, 15) is 0 Å². The van der Waals surface area contributed by atoms with Gasteiger partial charge in [-0.05, 0) is 28.6 Å². The second-order valence-electron chi connectivity index (χ2n) is 3.22. The smallest absolute Gasteiger partial charge is 0.189 e. The fraction of sp³-hybridized carbons (Fsp3) is 0.0909. The summed E-state index contributed by atoms with van der Waals surface area (Å²) in [7, 11) is 0. The highest BCUT2D eigenvalue weighted by Gasteiger charge is 1.98. The summed E-state index contributed by atoms with van der Waals surface area (Å²) in [5, 5.41) is 4.42. The molecule has 2 aromatic rings. The Morgan fingerprint density at radius 1 is 1.38 bits per heavy atom. The van der Waals surface area contributed by atoms with E-state index in [0.29, 0.717) is 12.2 Å². The molecule has 0 saturated carbocycles. The Balaban J connectivity index is 2.48. The number of benzene rings is 1. The minimum atomic E-state index is 0.296. The Bertz CT molecular complexity index is 620. The van der Waals surface area contributed by atoms with Gasteiger partial charge in [-0.25, -0.2) is 4.85 Å². The monoisotopic (exact) mass is 209 g/mol. The standard InChI is InChI=1S/C11H7N5/c1-13-10-3-2-9-4-8(7-15-16-12)6-14-11(9)5-10/h2-6H,7H2. The lowest BCUT2D eigenvalue weighted by atomic mass is 10.1. The molecule has 5 heteroatoms. The summed E-state index contributed by atoms with van der Waals surface area (Å²) in [5.74, 6) is 0. The highest BCUT2D eigenvalue weighted by atomic mass is 15.1. The summed E-state index contributed by atoms with van der Waals surface area (Å²) in [6.45, 7) is 7.19. The van der Waals surface area contributed by atoms with Crippen molar-refractivity contribution in [3.8, 4) is 0 Å². The van der Waals surface area contributed by atoms with E-state index in [-0.39, 0.29) is 0 Å². The van der Waals surface area contributed by atoms with E-state index in [1.165, 1.54) is 0 Å². The number of hydrogen-bond donors (Lipinski definition) is 0. The molecule has 0 amide bonds. The highest BCUT2D eigenvalue weighted by molar-refractivity contribution is 5.82. The van der Waals surface area contributed by atoms with E-state index in [4.69, 9.17) is 12.1 Å². The lowest BCUT2D eigenvalue weighted by Gasteiger charge is -2.00. The molecule has 0 radical (unpaired) electrons. The lowest BCUT2D eigenvalue weighted by molar-refractivity contribution is 1.04. The summed E-state index contributed by atoms with van der Waals surface area (Å²) >= 11 is 0. The SMILES string of the molecule is [C-]#[N+]c1ccc2cc(CN=[N+]=[N-])cnc2c1. The molecule has 0 saturated heterocycles. The molecule has 1 heterocycles. The van der Waals surface area contributed by atoms with Crippen LogP contribution in [-0.4, -0.2) is 4.98 Å². The molecular weight excluding hydrogens is 202 g/mol. The normalized spacial score (nSPS) is 9.44. The zero-order valence-electron chi connectivity index (χ0n) is 8.33. The Morgan fingerprint density at radius 3 is 3.00 bits per heavy atom. The molecule has 1 aromatic heterocycles. The van der Waals surface area contributed by atoms with Crippen LogP contribution in [0.5, 0.6) is 0 Å². The van der Waals surface area contributed by atoms with E-state index in [1.54, 1.807) is 18.3 Å². The lowest BCUT2D eigenvalue weighted by Crippen LogP contribution is -1.84. The van der Waals surface area contributed by atoms with Crippen molar-refractivity contribution in [2.24, 2.45) is 5.11 Å². The molecule has 76 valence electrons. The maximum atomic E-state index is 8.21. The largest absolute Gasteiger partial charge is 0.257 e. The number of azide groups is 1. The van der Waals surface area contributed by atoms with Gasteiger partial charge in [0.1, 0.15) is 0 Å². The Labute approximate surface area is 91.8 Å². The van der Waals surface area contributed by atoms with Gasteiger partial charge in [-0.3, -0.25) is 4.98 Å². The molecule has 0 aliphatic carbocycles. The van der Waals surface area contributed by atoms with Crippen molar-refractivity contribution in [2.75, 3.05) is 0 Å². The summed E-state index contributed by atoms with van der Waals surface area (Å²) < 4.78 is 0. The molecule has 0 atom stereocenters. The summed E-state index contributed by atoms with van der Waals surface area (Å²) in [5.41, 5.74) is 10.4. The molecular formula is C11H7N5. The van der Waals surface area contributed by atoms with E-state index >= 15 is 0 Å². The van der Waals surface area contributed by atoms with Gasteiger partial charge in [-0.2, -0.15) is 0 Å². The number of hydrogen-bond acceptors (Lipinski definition) is 2. The molecule has 1 aromatic carbocycles. The van der Waals surface area contributed by atoms with Crippen molar-refractivity contribution in [3.05, 3.63) is 57.9 Å². The first kappa shape index (κ1) is 9.97. The van der Waals surface area contributed by atoms with Gasteiger partial charge < -0.3 is 0 Å². The first-order chi connectivity index (χ1) is 7.83. The van der Waals surface area contributed by atoms with Gasteiger partial charge in [0, 0.05) is 11.1 Å². The van der Waals surface area contributed by atoms with Gasteiger partial charge >= 0.3 is 0 Å². The van der Waals surface area contributed by atoms with Crippen LogP contribution in [0.2, 0.25) is 0 Å². The highest BCUT2D eigenvalue weighted by Crippen LogP contribution is 2.20. The van der Waals surface area contributed by atoms with Crippen LogP contribution in [0.15, 0.2) is 35.6 Å². The van der Waals surface area contributed by atoms with E-state index in [0.717, 1.165) is 16.5 Å². The first-order valence-electron chi connectivity index (χ1n) is 4.60. The number of pyridine rings is 1. The molecule has 0 fully saturated rings. The molecule has 16 heavy (non-hydrogen) atoms. The van der Waals surface area contributed by atoms with Gasteiger partial charge in [-0.15, -0.1) is 0 Å². The van der Waals surface area contributed by atoms with Crippen molar-refractivity contribution in [3.63, 3.8) is 0 Å². The van der Waals surface area contributed by atoms with Crippen LogP contribution in [0.25, 0.3) is 26.2 Å². The molecule has 5 nitrogen and oxygen atoms in total. The molecule has 0 bridgehead atoms. The minimum absolute atomic E-state index is 0.296. The molecule has 0 unspecified atom stereocenters. The fourth-order valence-electron chi connectivity index (χ4n) is 1.42.